The number of nitrogens with zero attached hydrogens (tertiary/aromatic N) is 2. The molecule has 3 unspecified atom stereocenters. The molecule has 0 aliphatic heterocycles. The zero-order chi connectivity index (χ0) is 24.2. The summed E-state index contributed by atoms with van der Waals surface area (Å²) in [7, 11) is 1.38. The minimum atomic E-state index is -0.824. The van der Waals surface area contributed by atoms with E-state index < -0.39 is 18.0 Å². The normalized spacial score (nSPS) is 19.9. The fourth-order valence-electron chi connectivity index (χ4n) is 3.90. The monoisotopic (exact) mass is 467 g/mol. The average molecular weight is 468 g/mol. The van der Waals surface area contributed by atoms with E-state index >= 15 is 0 Å². The van der Waals surface area contributed by atoms with E-state index in [1.807, 2.05) is 0 Å². The number of anilines is 2. The van der Waals surface area contributed by atoms with Crippen molar-refractivity contribution in [1.29, 1.82) is 5.41 Å². The van der Waals surface area contributed by atoms with Gasteiger partial charge in [-0.3, -0.25) is 5.41 Å². The van der Waals surface area contributed by atoms with Crippen molar-refractivity contribution in [3.8, 4) is 17.2 Å². The van der Waals surface area contributed by atoms with Gasteiger partial charge in [-0.1, -0.05) is 6.07 Å². The van der Waals surface area contributed by atoms with Gasteiger partial charge in [0.25, 0.3) is 0 Å². The molecular weight excluding hydrogens is 441 g/mol. The second kappa shape index (κ2) is 10.0. The van der Waals surface area contributed by atoms with Gasteiger partial charge in [-0.05, 0) is 55.7 Å². The van der Waals surface area contributed by atoms with E-state index in [1.165, 1.54) is 25.6 Å². The summed E-state index contributed by atoms with van der Waals surface area (Å²) in [6.45, 7) is 0. The number of hydrogen-bond donors (Lipinski definition) is 5. The van der Waals surface area contributed by atoms with Crippen molar-refractivity contribution in [2.75, 3.05) is 18.2 Å². The molecule has 1 saturated carbocycles. The third-order valence-corrected chi connectivity index (χ3v) is 5.77. The summed E-state index contributed by atoms with van der Waals surface area (Å²) in [6.07, 6.45) is 1.20. The highest BCUT2D eigenvalue weighted by atomic mass is 19.1. The topological polar surface area (TPSA) is 147 Å². The van der Waals surface area contributed by atoms with Gasteiger partial charge in [-0.15, -0.1) is 0 Å². The highest BCUT2D eigenvalue weighted by molar-refractivity contribution is 6.16. The molecule has 1 fully saturated rings. The van der Waals surface area contributed by atoms with Crippen molar-refractivity contribution in [3.63, 3.8) is 0 Å². The maximum atomic E-state index is 14.4. The number of hydrogen-bond acceptors (Lipinski definition) is 9. The number of aromatic nitrogens is 2. The number of halogens is 1. The maximum Gasteiger partial charge on any atom is 0.207 e. The van der Waals surface area contributed by atoms with E-state index in [0.29, 0.717) is 42.0 Å². The SMILES string of the molecule is COc1cccc(Oc2ccc(C(=N)c3c(N)ncnc3NC3CCC(O)C(O)C3)cc2)c1F. The lowest BCUT2D eigenvalue weighted by Gasteiger charge is -2.31. The second-order valence-corrected chi connectivity index (χ2v) is 8.05. The molecule has 0 radical (unpaired) electrons. The molecule has 3 aromatic rings. The average Bonchev–Trinajstić information content (AvgIpc) is 2.83. The first-order valence-corrected chi connectivity index (χ1v) is 10.8. The summed E-state index contributed by atoms with van der Waals surface area (Å²) in [4.78, 5) is 8.28. The minimum absolute atomic E-state index is 0.0224. The van der Waals surface area contributed by atoms with E-state index in [0.717, 1.165) is 0 Å². The number of nitrogens with one attached hydrogen (secondary N) is 2. The zero-order valence-corrected chi connectivity index (χ0v) is 18.5. The fraction of sp³-hybridized carbons (Fsp3) is 0.292. The molecule has 1 heterocycles. The molecule has 9 nitrogen and oxygen atoms in total. The molecule has 1 aliphatic carbocycles. The fourth-order valence-corrected chi connectivity index (χ4v) is 3.90. The molecule has 0 spiro atoms. The molecule has 4 rings (SSSR count). The predicted molar refractivity (Wildman–Crippen MR) is 125 cm³/mol. The molecule has 6 N–H and O–H groups in total. The summed E-state index contributed by atoms with van der Waals surface area (Å²) in [5.74, 6) is 0.397. The van der Waals surface area contributed by atoms with Crippen LogP contribution in [0.1, 0.15) is 30.4 Å². The molecule has 0 amide bonds. The van der Waals surface area contributed by atoms with Crippen LogP contribution in [0.4, 0.5) is 16.0 Å². The number of methoxy groups -OCH3 is 1. The number of ether oxygens (including phenoxy) is 2. The molecule has 0 saturated heterocycles. The molecule has 1 aliphatic rings. The molecule has 10 heteroatoms. The zero-order valence-electron chi connectivity index (χ0n) is 18.5. The van der Waals surface area contributed by atoms with Crippen molar-refractivity contribution in [3.05, 3.63) is 65.7 Å². The Hall–Kier alpha value is -3.76. The van der Waals surface area contributed by atoms with Crippen LogP contribution in [0.25, 0.3) is 0 Å². The van der Waals surface area contributed by atoms with E-state index in [1.54, 1.807) is 30.3 Å². The standard InChI is InChI=1S/C24H26FN5O4/c1-33-18-3-2-4-19(21(18)25)34-15-8-5-13(6-9-15)22(26)20-23(27)28-12-29-24(20)30-14-7-10-16(31)17(32)11-14/h2-6,8-9,12,14,16-17,26,31-32H,7,10-11H2,1H3,(H3,27,28,29,30). The lowest BCUT2D eigenvalue weighted by atomic mass is 9.90. The van der Waals surface area contributed by atoms with Crippen LogP contribution in [0.3, 0.4) is 0 Å². The van der Waals surface area contributed by atoms with Gasteiger partial charge in [0.1, 0.15) is 23.7 Å². The lowest BCUT2D eigenvalue weighted by molar-refractivity contribution is -0.0120. The van der Waals surface area contributed by atoms with Gasteiger partial charge in [0.05, 0.1) is 30.6 Å². The third kappa shape index (κ3) is 4.92. The van der Waals surface area contributed by atoms with Crippen LogP contribution in [-0.2, 0) is 0 Å². The Morgan fingerprint density at radius 3 is 2.53 bits per heavy atom. The van der Waals surface area contributed by atoms with Crippen molar-refractivity contribution in [2.24, 2.45) is 0 Å². The highest BCUT2D eigenvalue weighted by Gasteiger charge is 2.29. The summed E-state index contributed by atoms with van der Waals surface area (Å²) >= 11 is 0. The van der Waals surface area contributed by atoms with Crippen molar-refractivity contribution >= 4 is 17.3 Å². The van der Waals surface area contributed by atoms with Crippen LogP contribution in [0, 0.1) is 11.2 Å². The Balaban J connectivity index is 1.53. The Labute approximate surface area is 195 Å². The summed E-state index contributed by atoms with van der Waals surface area (Å²) < 4.78 is 25.0. The highest BCUT2D eigenvalue weighted by Crippen LogP contribution is 2.31. The summed E-state index contributed by atoms with van der Waals surface area (Å²) in [5, 5.41) is 31.7. The number of nitrogen functional groups attached to an aromatic ring is 1. The van der Waals surface area contributed by atoms with Gasteiger partial charge in [0.15, 0.2) is 11.5 Å². The van der Waals surface area contributed by atoms with Crippen LogP contribution in [0.5, 0.6) is 17.2 Å². The van der Waals surface area contributed by atoms with Gasteiger partial charge in [0.2, 0.25) is 5.82 Å². The lowest BCUT2D eigenvalue weighted by Crippen LogP contribution is -2.39. The Kier molecular flexibility index (Phi) is 6.90. The van der Waals surface area contributed by atoms with Crippen LogP contribution < -0.4 is 20.5 Å². The summed E-state index contributed by atoms with van der Waals surface area (Å²) in [6, 6.07) is 11.0. The van der Waals surface area contributed by atoms with Gasteiger partial charge in [-0.25, -0.2) is 9.97 Å². The molecule has 178 valence electrons. The van der Waals surface area contributed by atoms with Gasteiger partial charge >= 0.3 is 0 Å². The number of benzene rings is 2. The number of aliphatic hydroxyl groups is 2. The van der Waals surface area contributed by atoms with Gasteiger partial charge < -0.3 is 30.7 Å². The van der Waals surface area contributed by atoms with E-state index in [4.69, 9.17) is 20.6 Å². The number of aliphatic hydroxyl groups excluding tert-OH is 2. The molecule has 0 bridgehead atoms. The predicted octanol–water partition coefficient (Wildman–Crippen LogP) is 3.10. The number of nitrogens with two attached hydrogens (primary N) is 1. The first-order valence-electron chi connectivity index (χ1n) is 10.8. The van der Waals surface area contributed by atoms with E-state index in [9.17, 15) is 14.6 Å². The largest absolute Gasteiger partial charge is 0.494 e. The molecular formula is C24H26FN5O4. The van der Waals surface area contributed by atoms with Crippen molar-refractivity contribution < 1.29 is 24.1 Å². The van der Waals surface area contributed by atoms with Crippen LogP contribution >= 0.6 is 0 Å². The third-order valence-electron chi connectivity index (χ3n) is 5.77. The van der Waals surface area contributed by atoms with Gasteiger partial charge in [-0.2, -0.15) is 4.39 Å². The van der Waals surface area contributed by atoms with E-state index in [2.05, 4.69) is 15.3 Å². The Morgan fingerprint density at radius 2 is 1.82 bits per heavy atom. The van der Waals surface area contributed by atoms with Crippen LogP contribution in [0.15, 0.2) is 48.8 Å². The Morgan fingerprint density at radius 1 is 1.09 bits per heavy atom. The Bertz CT molecular complexity index is 1170. The molecule has 3 atom stereocenters. The quantitative estimate of drug-likeness (QED) is 0.333. The van der Waals surface area contributed by atoms with Crippen molar-refractivity contribution in [1.82, 2.24) is 9.97 Å². The summed E-state index contributed by atoms with van der Waals surface area (Å²) in [5.41, 5.74) is 7.04. The number of rotatable bonds is 7. The molecule has 1 aromatic heterocycles. The van der Waals surface area contributed by atoms with Crippen LogP contribution in [0.2, 0.25) is 0 Å². The van der Waals surface area contributed by atoms with Crippen molar-refractivity contribution in [2.45, 2.75) is 37.5 Å². The smallest absolute Gasteiger partial charge is 0.207 e. The first-order chi connectivity index (χ1) is 16.4. The first kappa shape index (κ1) is 23.4. The molecule has 34 heavy (non-hydrogen) atoms. The molecule has 2 aromatic carbocycles. The van der Waals surface area contributed by atoms with Gasteiger partial charge in [0, 0.05) is 11.6 Å². The minimum Gasteiger partial charge on any atom is -0.494 e. The maximum absolute atomic E-state index is 14.4. The second-order valence-electron chi connectivity index (χ2n) is 8.05. The van der Waals surface area contributed by atoms with Crippen LogP contribution in [-0.4, -0.2) is 51.3 Å². The van der Waals surface area contributed by atoms with E-state index in [-0.39, 0.29) is 29.1 Å².